The number of aliphatic imine (C=N–C) groups is 1. The lowest BCUT2D eigenvalue weighted by molar-refractivity contribution is -0.117. The number of thioether (sulfide) groups is 1. The van der Waals surface area contributed by atoms with Crippen molar-refractivity contribution in [3.8, 4) is 0 Å². The van der Waals surface area contributed by atoms with Gasteiger partial charge in [0.15, 0.2) is 0 Å². The quantitative estimate of drug-likeness (QED) is 0.735. The second-order valence-corrected chi connectivity index (χ2v) is 4.97. The summed E-state index contributed by atoms with van der Waals surface area (Å²) in [6.45, 7) is -0.0106. The topological polar surface area (TPSA) is 84.9 Å². The highest BCUT2D eigenvalue weighted by atomic mass is 32.2. The average Bonchev–Trinajstić information content (AvgIpc) is 2.73. The van der Waals surface area contributed by atoms with Crippen LogP contribution in [0.5, 0.6) is 0 Å². The zero-order valence-corrected chi connectivity index (χ0v) is 10.0. The number of aliphatic hydroxyl groups is 1. The highest BCUT2D eigenvalue weighted by Gasteiger charge is 2.28. The Morgan fingerprint density at radius 3 is 3.18 bits per heavy atom. The highest BCUT2D eigenvalue weighted by molar-refractivity contribution is 8.00. The van der Waals surface area contributed by atoms with Crippen LogP contribution >= 0.6 is 11.8 Å². The molecule has 0 aromatic carbocycles. The Labute approximate surface area is 103 Å². The van der Waals surface area contributed by atoms with E-state index in [1.165, 1.54) is 0 Å². The van der Waals surface area contributed by atoms with Crippen LogP contribution in [0.25, 0.3) is 0 Å². The van der Waals surface area contributed by atoms with Crippen molar-refractivity contribution in [2.45, 2.75) is 18.0 Å². The maximum Gasteiger partial charge on any atom is 0.251 e. The van der Waals surface area contributed by atoms with Crippen molar-refractivity contribution in [1.29, 1.82) is 0 Å². The fourth-order valence-corrected chi connectivity index (χ4v) is 2.69. The molecule has 0 aliphatic carbocycles. The van der Waals surface area contributed by atoms with Gasteiger partial charge in [0.2, 0.25) is 0 Å². The number of amidine groups is 1. The van der Waals surface area contributed by atoms with Gasteiger partial charge in [-0.2, -0.15) is 4.99 Å². The Hall–Kier alpha value is -1.11. The summed E-state index contributed by atoms with van der Waals surface area (Å²) >= 11 is 1.55. The SMILES string of the molecule is NC1=NC(=O)C/C([C@@H]2CS[C@H](CO)O2)=C/C=C1. The molecule has 0 unspecified atom stereocenters. The maximum atomic E-state index is 11.5. The van der Waals surface area contributed by atoms with Gasteiger partial charge in [-0.05, 0) is 11.6 Å². The zero-order valence-electron chi connectivity index (χ0n) is 9.20. The Balaban J connectivity index is 2.09. The molecule has 0 bridgehead atoms. The molecule has 0 radical (unpaired) electrons. The van der Waals surface area contributed by atoms with Gasteiger partial charge < -0.3 is 15.6 Å². The number of allylic oxidation sites excluding steroid dienone is 2. The third kappa shape index (κ3) is 3.18. The standard InChI is InChI=1S/C11H14N2O3S/c12-9-3-1-2-7(4-10(15)13-9)8-6-17-11(5-14)16-8/h1-3,8,11,14H,4-6H2,(H2,12,13,15)/b3-1?,7-2-/t8-,11+/m0/s1. The van der Waals surface area contributed by atoms with Gasteiger partial charge in [0.1, 0.15) is 11.3 Å². The number of carbonyl (C=O) groups excluding carboxylic acids is 1. The summed E-state index contributed by atoms with van der Waals surface area (Å²) in [5, 5.41) is 8.98. The van der Waals surface area contributed by atoms with Crippen LogP contribution in [0.4, 0.5) is 0 Å². The lowest BCUT2D eigenvalue weighted by Crippen LogP contribution is -2.20. The van der Waals surface area contributed by atoms with E-state index in [9.17, 15) is 4.79 Å². The normalized spacial score (nSPS) is 32.6. The zero-order chi connectivity index (χ0) is 12.3. The molecule has 2 heterocycles. The van der Waals surface area contributed by atoms with Crippen LogP contribution in [0.15, 0.2) is 28.8 Å². The molecule has 2 atom stereocenters. The van der Waals surface area contributed by atoms with E-state index in [-0.39, 0.29) is 36.3 Å². The first-order chi connectivity index (χ1) is 8.19. The summed E-state index contributed by atoms with van der Waals surface area (Å²) in [4.78, 5) is 15.2. The van der Waals surface area contributed by atoms with E-state index in [0.29, 0.717) is 0 Å². The van der Waals surface area contributed by atoms with Crippen molar-refractivity contribution in [2.75, 3.05) is 12.4 Å². The summed E-state index contributed by atoms with van der Waals surface area (Å²) < 4.78 is 5.60. The van der Waals surface area contributed by atoms with Gasteiger partial charge in [0.05, 0.1) is 19.1 Å². The van der Waals surface area contributed by atoms with E-state index in [0.717, 1.165) is 11.3 Å². The molecule has 17 heavy (non-hydrogen) atoms. The molecule has 2 rings (SSSR count). The number of hydrogen-bond donors (Lipinski definition) is 2. The van der Waals surface area contributed by atoms with Crippen LogP contribution in [0, 0.1) is 0 Å². The lowest BCUT2D eigenvalue weighted by atomic mass is 10.1. The number of hydrogen-bond acceptors (Lipinski definition) is 5. The number of rotatable bonds is 2. The number of ether oxygens (including phenoxy) is 1. The largest absolute Gasteiger partial charge is 0.393 e. The molecule has 3 N–H and O–H groups in total. The first kappa shape index (κ1) is 12.3. The summed E-state index contributed by atoms with van der Waals surface area (Å²) in [7, 11) is 0. The number of nitrogens with zero attached hydrogens (tertiary/aromatic N) is 1. The first-order valence-corrected chi connectivity index (χ1v) is 6.36. The number of carbonyl (C=O) groups is 1. The summed E-state index contributed by atoms with van der Waals surface area (Å²) in [5.74, 6) is 0.705. The van der Waals surface area contributed by atoms with Crippen molar-refractivity contribution >= 4 is 23.5 Å². The van der Waals surface area contributed by atoms with E-state index >= 15 is 0 Å². The van der Waals surface area contributed by atoms with Crippen molar-refractivity contribution in [2.24, 2.45) is 10.7 Å². The van der Waals surface area contributed by atoms with Crippen LogP contribution < -0.4 is 5.73 Å². The van der Waals surface area contributed by atoms with Gasteiger partial charge in [-0.25, -0.2) is 0 Å². The molecular weight excluding hydrogens is 240 g/mol. The van der Waals surface area contributed by atoms with Crippen molar-refractivity contribution in [3.63, 3.8) is 0 Å². The van der Waals surface area contributed by atoms with E-state index in [1.807, 2.05) is 6.08 Å². The van der Waals surface area contributed by atoms with Crippen molar-refractivity contribution in [3.05, 3.63) is 23.8 Å². The molecule has 1 saturated heterocycles. The Morgan fingerprint density at radius 2 is 2.47 bits per heavy atom. The minimum absolute atomic E-state index is 0.0106. The van der Waals surface area contributed by atoms with Gasteiger partial charge in [-0.3, -0.25) is 4.79 Å². The van der Waals surface area contributed by atoms with Crippen LogP contribution in [-0.4, -0.2) is 40.7 Å². The minimum Gasteiger partial charge on any atom is -0.393 e. The molecule has 2 aliphatic heterocycles. The predicted molar refractivity (Wildman–Crippen MR) is 66.7 cm³/mol. The fraction of sp³-hybridized carbons (Fsp3) is 0.455. The molecule has 92 valence electrons. The smallest absolute Gasteiger partial charge is 0.251 e. The Bertz CT molecular complexity index is 404. The number of nitrogens with two attached hydrogens (primary N) is 1. The predicted octanol–water partition coefficient (Wildman–Crippen LogP) is 0.207. The summed E-state index contributed by atoms with van der Waals surface area (Å²) in [5.41, 5.74) is 6.17. The highest BCUT2D eigenvalue weighted by Crippen LogP contribution is 2.30. The Kier molecular flexibility index (Phi) is 3.98. The molecule has 6 heteroatoms. The van der Waals surface area contributed by atoms with Crippen LogP contribution in [0.2, 0.25) is 0 Å². The summed E-state index contributed by atoms with van der Waals surface area (Å²) in [6.07, 6.45) is 5.28. The van der Waals surface area contributed by atoms with Gasteiger partial charge >= 0.3 is 0 Å². The van der Waals surface area contributed by atoms with Crippen LogP contribution in [-0.2, 0) is 9.53 Å². The second kappa shape index (κ2) is 5.48. The molecular formula is C11H14N2O3S. The molecule has 0 spiro atoms. The number of amides is 1. The molecule has 0 aromatic rings. The molecule has 0 saturated carbocycles. The maximum absolute atomic E-state index is 11.5. The third-order valence-corrected chi connectivity index (χ3v) is 3.63. The molecule has 5 nitrogen and oxygen atoms in total. The van der Waals surface area contributed by atoms with Crippen molar-refractivity contribution in [1.82, 2.24) is 0 Å². The van der Waals surface area contributed by atoms with E-state index in [1.54, 1.807) is 23.9 Å². The number of aliphatic hydroxyl groups excluding tert-OH is 1. The van der Waals surface area contributed by atoms with Gasteiger partial charge in [0, 0.05) is 5.75 Å². The van der Waals surface area contributed by atoms with Crippen LogP contribution in [0.1, 0.15) is 6.42 Å². The van der Waals surface area contributed by atoms with Crippen molar-refractivity contribution < 1.29 is 14.6 Å². The van der Waals surface area contributed by atoms with Gasteiger partial charge in [-0.1, -0.05) is 12.2 Å². The monoisotopic (exact) mass is 254 g/mol. The second-order valence-electron chi connectivity index (χ2n) is 3.78. The Morgan fingerprint density at radius 1 is 1.65 bits per heavy atom. The van der Waals surface area contributed by atoms with Crippen LogP contribution in [0.3, 0.4) is 0 Å². The van der Waals surface area contributed by atoms with Gasteiger partial charge in [0.25, 0.3) is 5.91 Å². The third-order valence-electron chi connectivity index (χ3n) is 2.50. The molecule has 1 amide bonds. The first-order valence-electron chi connectivity index (χ1n) is 5.31. The molecule has 0 aromatic heterocycles. The minimum atomic E-state index is -0.265. The van der Waals surface area contributed by atoms with Gasteiger partial charge in [-0.15, -0.1) is 11.8 Å². The van der Waals surface area contributed by atoms with E-state index in [2.05, 4.69) is 4.99 Å². The fourth-order valence-electron chi connectivity index (χ4n) is 1.69. The molecule has 2 aliphatic rings. The summed E-state index contributed by atoms with van der Waals surface area (Å²) in [6, 6.07) is 0. The average molecular weight is 254 g/mol. The van der Waals surface area contributed by atoms with E-state index in [4.69, 9.17) is 15.6 Å². The molecule has 1 fully saturated rings. The lowest BCUT2D eigenvalue weighted by Gasteiger charge is -2.14. The van der Waals surface area contributed by atoms with E-state index < -0.39 is 0 Å².